The van der Waals surface area contributed by atoms with Gasteiger partial charge in [0, 0.05) is 6.54 Å². The van der Waals surface area contributed by atoms with Crippen molar-refractivity contribution in [2.75, 3.05) is 6.54 Å². The zero-order valence-electron chi connectivity index (χ0n) is 17.0. The van der Waals surface area contributed by atoms with Gasteiger partial charge in [0.25, 0.3) is 5.91 Å². The molecule has 2 amide bonds. The summed E-state index contributed by atoms with van der Waals surface area (Å²) >= 11 is 0. The molecule has 0 aliphatic rings. The molecule has 0 radical (unpaired) electrons. The van der Waals surface area contributed by atoms with E-state index in [-0.39, 0.29) is 11.8 Å². The lowest BCUT2D eigenvalue weighted by molar-refractivity contribution is -0.151. The van der Waals surface area contributed by atoms with Gasteiger partial charge in [0.2, 0.25) is 5.91 Å². The zero-order valence-corrected chi connectivity index (χ0v) is 17.0. The molecule has 1 unspecified atom stereocenters. The van der Waals surface area contributed by atoms with Gasteiger partial charge in [0.15, 0.2) is 0 Å². The van der Waals surface area contributed by atoms with Crippen LogP contribution in [0, 0.1) is 17.3 Å². The summed E-state index contributed by atoms with van der Waals surface area (Å²) in [5.74, 6) is -0.530. The third kappa shape index (κ3) is 7.69. The van der Waals surface area contributed by atoms with E-state index in [0.29, 0.717) is 31.7 Å². The molecule has 152 valence electrons. The van der Waals surface area contributed by atoms with Gasteiger partial charge in [-0.15, -0.1) is 0 Å². The van der Waals surface area contributed by atoms with Gasteiger partial charge in [-0.2, -0.15) is 0 Å². The second-order valence-corrected chi connectivity index (χ2v) is 8.04. The van der Waals surface area contributed by atoms with E-state index >= 15 is 0 Å². The fourth-order valence-electron chi connectivity index (χ4n) is 3.28. The molecule has 4 N–H and O–H groups in total. The summed E-state index contributed by atoms with van der Waals surface area (Å²) in [6, 6.07) is 10.1. The Labute approximate surface area is 163 Å². The number of rotatable bonds is 12. The molecule has 6 nitrogen and oxygen atoms in total. The van der Waals surface area contributed by atoms with Crippen LogP contribution in [0.15, 0.2) is 30.3 Å². The van der Waals surface area contributed by atoms with Crippen LogP contribution < -0.4 is 16.3 Å². The molecule has 6 heteroatoms. The van der Waals surface area contributed by atoms with Gasteiger partial charge in [0.05, 0.1) is 0 Å². The molecule has 0 heterocycles. The highest BCUT2D eigenvalue weighted by Crippen LogP contribution is 2.33. The first-order valence-electron chi connectivity index (χ1n) is 9.83. The zero-order chi connectivity index (χ0) is 20.3. The van der Waals surface area contributed by atoms with Gasteiger partial charge >= 0.3 is 0 Å². The number of hydrazine groups is 1. The van der Waals surface area contributed by atoms with Crippen molar-refractivity contribution < 1.29 is 14.8 Å². The SMILES string of the molecule is CC(C)CNNC(=O)C(CCCCc1ccccc1)(CC(C)C)C(=O)NO. The first-order valence-corrected chi connectivity index (χ1v) is 9.83. The summed E-state index contributed by atoms with van der Waals surface area (Å²) in [6.45, 7) is 8.61. The van der Waals surface area contributed by atoms with Crippen LogP contribution >= 0.6 is 0 Å². The first-order chi connectivity index (χ1) is 12.8. The normalized spacial score (nSPS) is 13.4. The molecular weight excluding hydrogens is 342 g/mol. The predicted octanol–water partition coefficient (Wildman–Crippen LogP) is 3.21. The summed E-state index contributed by atoms with van der Waals surface area (Å²) in [6.07, 6.45) is 3.24. The third-order valence-corrected chi connectivity index (χ3v) is 4.60. The summed E-state index contributed by atoms with van der Waals surface area (Å²) in [7, 11) is 0. The molecule has 27 heavy (non-hydrogen) atoms. The molecule has 1 aromatic carbocycles. The first kappa shape index (κ1) is 23.1. The number of aryl methyl sites for hydroxylation is 1. The maximum Gasteiger partial charge on any atom is 0.259 e. The minimum atomic E-state index is -1.29. The topological polar surface area (TPSA) is 90.5 Å². The minimum absolute atomic E-state index is 0.132. The fourth-order valence-corrected chi connectivity index (χ4v) is 3.28. The third-order valence-electron chi connectivity index (χ3n) is 4.60. The van der Waals surface area contributed by atoms with Crippen LogP contribution in [0.4, 0.5) is 0 Å². The van der Waals surface area contributed by atoms with Crippen LogP contribution in [0.2, 0.25) is 0 Å². The molecule has 0 aromatic heterocycles. The summed E-state index contributed by atoms with van der Waals surface area (Å²) < 4.78 is 0. The highest BCUT2D eigenvalue weighted by molar-refractivity contribution is 6.04. The van der Waals surface area contributed by atoms with Crippen molar-refractivity contribution in [1.29, 1.82) is 0 Å². The molecule has 0 saturated heterocycles. The molecular formula is C21H35N3O3. The number of carbonyl (C=O) groups is 2. The molecule has 1 rings (SSSR count). The number of nitrogens with one attached hydrogen (secondary N) is 3. The lowest BCUT2D eigenvalue weighted by atomic mass is 9.74. The minimum Gasteiger partial charge on any atom is -0.291 e. The molecule has 0 fully saturated rings. The summed E-state index contributed by atoms with van der Waals surface area (Å²) in [4.78, 5) is 25.4. The largest absolute Gasteiger partial charge is 0.291 e. The Hall–Kier alpha value is -1.92. The van der Waals surface area contributed by atoms with Crippen molar-refractivity contribution >= 4 is 11.8 Å². The lowest BCUT2D eigenvalue weighted by Crippen LogP contribution is -2.55. The van der Waals surface area contributed by atoms with Gasteiger partial charge < -0.3 is 0 Å². The second kappa shape index (κ2) is 11.7. The van der Waals surface area contributed by atoms with Gasteiger partial charge in [-0.25, -0.2) is 10.9 Å². The summed E-state index contributed by atoms with van der Waals surface area (Å²) in [5.41, 5.74) is 7.24. The van der Waals surface area contributed by atoms with E-state index in [1.54, 1.807) is 5.48 Å². The molecule has 1 aromatic rings. The van der Waals surface area contributed by atoms with E-state index in [0.717, 1.165) is 12.8 Å². The Kier molecular flexibility index (Phi) is 10.0. The Morgan fingerprint density at radius 2 is 1.67 bits per heavy atom. The standard InChI is InChI=1S/C21H35N3O3/c1-16(2)14-21(20(26)24-27,19(25)23-22-15-17(3)4)13-9-8-12-18-10-6-5-7-11-18/h5-7,10-11,16-17,22,27H,8-9,12-15H2,1-4H3,(H,23,25)(H,24,26). The van der Waals surface area contributed by atoms with E-state index < -0.39 is 11.3 Å². The van der Waals surface area contributed by atoms with Crippen LogP contribution in [0.3, 0.4) is 0 Å². The number of unbranched alkanes of at least 4 members (excludes halogenated alkanes) is 1. The van der Waals surface area contributed by atoms with E-state index in [4.69, 9.17) is 0 Å². The van der Waals surface area contributed by atoms with Crippen molar-refractivity contribution in [3.63, 3.8) is 0 Å². The van der Waals surface area contributed by atoms with Crippen LogP contribution in [0.1, 0.15) is 58.9 Å². The highest BCUT2D eigenvalue weighted by atomic mass is 16.5. The molecule has 0 saturated carbocycles. The molecule has 0 aliphatic heterocycles. The highest BCUT2D eigenvalue weighted by Gasteiger charge is 2.45. The number of hydrogen-bond donors (Lipinski definition) is 4. The lowest BCUT2D eigenvalue weighted by Gasteiger charge is -2.32. The van der Waals surface area contributed by atoms with E-state index in [1.807, 2.05) is 45.9 Å². The van der Waals surface area contributed by atoms with Crippen LogP contribution in [-0.4, -0.2) is 23.6 Å². The Balaban J connectivity index is 2.80. The van der Waals surface area contributed by atoms with E-state index in [1.165, 1.54) is 5.56 Å². The monoisotopic (exact) mass is 377 g/mol. The molecule has 0 aliphatic carbocycles. The average molecular weight is 378 g/mol. The van der Waals surface area contributed by atoms with Crippen molar-refractivity contribution in [2.24, 2.45) is 17.3 Å². The number of hydroxylamine groups is 1. The average Bonchev–Trinajstić information content (AvgIpc) is 2.63. The van der Waals surface area contributed by atoms with Crippen molar-refractivity contribution in [2.45, 2.75) is 59.8 Å². The summed E-state index contributed by atoms with van der Waals surface area (Å²) in [5, 5.41) is 9.28. The molecule has 0 bridgehead atoms. The van der Waals surface area contributed by atoms with E-state index in [9.17, 15) is 14.8 Å². The van der Waals surface area contributed by atoms with Gasteiger partial charge in [-0.1, -0.05) is 64.4 Å². The molecule has 1 atom stereocenters. The Morgan fingerprint density at radius 1 is 1.00 bits per heavy atom. The quantitative estimate of drug-likeness (QED) is 0.195. The maximum atomic E-state index is 12.9. The molecule has 0 spiro atoms. The van der Waals surface area contributed by atoms with Crippen LogP contribution in [-0.2, 0) is 16.0 Å². The van der Waals surface area contributed by atoms with Crippen molar-refractivity contribution in [3.8, 4) is 0 Å². The second-order valence-electron chi connectivity index (χ2n) is 8.04. The van der Waals surface area contributed by atoms with Gasteiger partial charge in [-0.3, -0.25) is 20.2 Å². The van der Waals surface area contributed by atoms with Gasteiger partial charge in [-0.05, 0) is 43.1 Å². The fraction of sp³-hybridized carbons (Fsp3) is 0.619. The van der Waals surface area contributed by atoms with Crippen LogP contribution in [0.5, 0.6) is 0 Å². The number of amides is 2. The Morgan fingerprint density at radius 3 is 2.22 bits per heavy atom. The number of carbonyl (C=O) groups excluding carboxylic acids is 2. The Bertz CT molecular complexity index is 575. The van der Waals surface area contributed by atoms with Gasteiger partial charge in [0.1, 0.15) is 5.41 Å². The number of hydrogen-bond acceptors (Lipinski definition) is 4. The smallest absolute Gasteiger partial charge is 0.259 e. The van der Waals surface area contributed by atoms with Crippen molar-refractivity contribution in [3.05, 3.63) is 35.9 Å². The van der Waals surface area contributed by atoms with Crippen LogP contribution in [0.25, 0.3) is 0 Å². The maximum absolute atomic E-state index is 12.9. The predicted molar refractivity (Wildman–Crippen MR) is 107 cm³/mol. The van der Waals surface area contributed by atoms with Crippen molar-refractivity contribution in [1.82, 2.24) is 16.3 Å². The van der Waals surface area contributed by atoms with E-state index in [2.05, 4.69) is 23.0 Å². The number of benzene rings is 1.